The van der Waals surface area contributed by atoms with Crippen LogP contribution in [0.4, 0.5) is 0 Å². The molecule has 15 heavy (non-hydrogen) atoms. The van der Waals surface area contributed by atoms with Crippen molar-refractivity contribution in [2.45, 2.75) is 26.8 Å². The van der Waals surface area contributed by atoms with Crippen molar-refractivity contribution in [2.75, 3.05) is 19.8 Å². The standard InChI is InChI=1S/C11H18N2O2/c1-7(2)9-6-15-11(13-9)8(3)10-12-4-5-14-10/h7-9H,4-6H2,1-3H3/t8-,9+/m0/s1. The van der Waals surface area contributed by atoms with Gasteiger partial charge in [0, 0.05) is 0 Å². The zero-order valence-corrected chi connectivity index (χ0v) is 9.56. The fourth-order valence-electron chi connectivity index (χ4n) is 1.71. The van der Waals surface area contributed by atoms with Crippen molar-refractivity contribution < 1.29 is 9.47 Å². The summed E-state index contributed by atoms with van der Waals surface area (Å²) >= 11 is 0. The van der Waals surface area contributed by atoms with Gasteiger partial charge in [-0.3, -0.25) is 4.99 Å². The Morgan fingerprint density at radius 1 is 1.20 bits per heavy atom. The molecule has 0 aromatic heterocycles. The molecule has 2 heterocycles. The molecule has 0 N–H and O–H groups in total. The molecular weight excluding hydrogens is 192 g/mol. The van der Waals surface area contributed by atoms with E-state index in [4.69, 9.17) is 9.47 Å². The Hall–Kier alpha value is -1.06. The first-order chi connectivity index (χ1) is 7.18. The van der Waals surface area contributed by atoms with Crippen LogP contribution in [0.15, 0.2) is 9.98 Å². The molecule has 2 aliphatic heterocycles. The minimum atomic E-state index is 0.0799. The lowest BCUT2D eigenvalue weighted by Crippen LogP contribution is -2.21. The molecule has 0 amide bonds. The summed E-state index contributed by atoms with van der Waals surface area (Å²) in [5.74, 6) is 2.17. The molecule has 0 aliphatic carbocycles. The van der Waals surface area contributed by atoms with Crippen molar-refractivity contribution in [1.29, 1.82) is 0 Å². The van der Waals surface area contributed by atoms with Gasteiger partial charge in [-0.05, 0) is 12.8 Å². The van der Waals surface area contributed by atoms with Crippen LogP contribution in [0.1, 0.15) is 20.8 Å². The van der Waals surface area contributed by atoms with Crippen LogP contribution in [0, 0.1) is 11.8 Å². The van der Waals surface area contributed by atoms with Crippen LogP contribution < -0.4 is 0 Å². The first-order valence-corrected chi connectivity index (χ1v) is 5.56. The van der Waals surface area contributed by atoms with Gasteiger partial charge in [0.1, 0.15) is 19.1 Å². The van der Waals surface area contributed by atoms with E-state index in [0.717, 1.165) is 18.3 Å². The maximum Gasteiger partial charge on any atom is 0.196 e. The van der Waals surface area contributed by atoms with E-state index in [0.29, 0.717) is 25.2 Å². The van der Waals surface area contributed by atoms with Crippen LogP contribution in [-0.2, 0) is 9.47 Å². The third-order valence-corrected chi connectivity index (χ3v) is 2.81. The van der Waals surface area contributed by atoms with E-state index in [2.05, 4.69) is 23.8 Å². The molecule has 0 aromatic rings. The molecule has 84 valence electrons. The summed E-state index contributed by atoms with van der Waals surface area (Å²) in [6.07, 6.45) is 0. The fourth-order valence-corrected chi connectivity index (χ4v) is 1.71. The van der Waals surface area contributed by atoms with E-state index in [-0.39, 0.29) is 5.92 Å². The number of hydrogen-bond acceptors (Lipinski definition) is 4. The number of ether oxygens (including phenoxy) is 2. The van der Waals surface area contributed by atoms with Gasteiger partial charge in [0.2, 0.25) is 0 Å². The lowest BCUT2D eigenvalue weighted by molar-refractivity contribution is 0.276. The molecule has 4 heteroatoms. The summed E-state index contributed by atoms with van der Waals surface area (Å²) < 4.78 is 11.0. The molecule has 4 nitrogen and oxygen atoms in total. The third-order valence-electron chi connectivity index (χ3n) is 2.81. The minimum Gasteiger partial charge on any atom is -0.478 e. The van der Waals surface area contributed by atoms with Gasteiger partial charge in [0.05, 0.1) is 12.6 Å². The monoisotopic (exact) mass is 210 g/mol. The molecule has 2 rings (SSSR count). The fraction of sp³-hybridized carbons (Fsp3) is 0.818. The predicted octanol–water partition coefficient (Wildman–Crippen LogP) is 1.50. The SMILES string of the molecule is CC(C)[C@H]1COC([C@@H](C)C2=NCCO2)=N1. The molecule has 0 fully saturated rings. The van der Waals surface area contributed by atoms with E-state index >= 15 is 0 Å². The van der Waals surface area contributed by atoms with Crippen molar-refractivity contribution in [3.8, 4) is 0 Å². The van der Waals surface area contributed by atoms with Crippen LogP contribution in [-0.4, -0.2) is 37.6 Å². The maximum atomic E-state index is 5.59. The van der Waals surface area contributed by atoms with Crippen LogP contribution in [0.2, 0.25) is 0 Å². The van der Waals surface area contributed by atoms with Crippen molar-refractivity contribution in [1.82, 2.24) is 0 Å². The van der Waals surface area contributed by atoms with E-state index in [1.165, 1.54) is 0 Å². The van der Waals surface area contributed by atoms with Gasteiger partial charge in [-0.15, -0.1) is 0 Å². The van der Waals surface area contributed by atoms with Gasteiger partial charge < -0.3 is 9.47 Å². The topological polar surface area (TPSA) is 43.2 Å². The van der Waals surface area contributed by atoms with Crippen molar-refractivity contribution in [3.63, 3.8) is 0 Å². The van der Waals surface area contributed by atoms with Crippen LogP contribution in [0.3, 0.4) is 0 Å². The normalized spacial score (nSPS) is 27.1. The molecule has 0 unspecified atom stereocenters. The summed E-state index contributed by atoms with van der Waals surface area (Å²) in [4.78, 5) is 8.85. The molecule has 0 spiro atoms. The minimum absolute atomic E-state index is 0.0799. The molecule has 0 bridgehead atoms. The predicted molar refractivity (Wildman–Crippen MR) is 59.4 cm³/mol. The Balaban J connectivity index is 2.02. The quantitative estimate of drug-likeness (QED) is 0.708. The molecule has 0 saturated heterocycles. The molecule has 2 aliphatic rings. The van der Waals surface area contributed by atoms with Gasteiger partial charge >= 0.3 is 0 Å². The van der Waals surface area contributed by atoms with E-state index < -0.39 is 0 Å². The Morgan fingerprint density at radius 2 is 2.00 bits per heavy atom. The Morgan fingerprint density at radius 3 is 2.53 bits per heavy atom. The smallest absolute Gasteiger partial charge is 0.196 e. The lowest BCUT2D eigenvalue weighted by Gasteiger charge is -2.10. The van der Waals surface area contributed by atoms with Crippen LogP contribution in [0.5, 0.6) is 0 Å². The number of rotatable bonds is 3. The number of hydrogen-bond donors (Lipinski definition) is 0. The van der Waals surface area contributed by atoms with Crippen molar-refractivity contribution in [3.05, 3.63) is 0 Å². The molecular formula is C11H18N2O2. The first-order valence-electron chi connectivity index (χ1n) is 5.56. The Labute approximate surface area is 90.4 Å². The second-order valence-corrected chi connectivity index (χ2v) is 4.38. The third kappa shape index (κ3) is 2.13. The van der Waals surface area contributed by atoms with E-state index in [1.807, 2.05) is 6.92 Å². The second kappa shape index (κ2) is 4.21. The first kappa shape index (κ1) is 10.5. The Bertz CT molecular complexity index is 297. The summed E-state index contributed by atoms with van der Waals surface area (Å²) in [6.45, 7) is 8.51. The van der Waals surface area contributed by atoms with Crippen molar-refractivity contribution in [2.24, 2.45) is 21.8 Å². The lowest BCUT2D eigenvalue weighted by atomic mass is 10.1. The maximum absolute atomic E-state index is 5.59. The van der Waals surface area contributed by atoms with Gasteiger partial charge in [-0.1, -0.05) is 13.8 Å². The highest BCUT2D eigenvalue weighted by molar-refractivity contribution is 6.01. The highest BCUT2D eigenvalue weighted by atomic mass is 16.5. The number of nitrogens with zero attached hydrogens (tertiary/aromatic N) is 2. The van der Waals surface area contributed by atoms with Gasteiger partial charge in [0.25, 0.3) is 0 Å². The zero-order valence-electron chi connectivity index (χ0n) is 9.56. The molecule has 2 atom stereocenters. The zero-order chi connectivity index (χ0) is 10.8. The summed E-state index contributed by atoms with van der Waals surface area (Å²) in [5.41, 5.74) is 0. The average molecular weight is 210 g/mol. The highest BCUT2D eigenvalue weighted by Crippen LogP contribution is 2.19. The Kier molecular flexibility index (Phi) is 2.93. The summed E-state index contributed by atoms with van der Waals surface area (Å²) in [7, 11) is 0. The van der Waals surface area contributed by atoms with E-state index in [9.17, 15) is 0 Å². The largest absolute Gasteiger partial charge is 0.478 e. The molecule has 0 aromatic carbocycles. The van der Waals surface area contributed by atoms with Crippen LogP contribution >= 0.6 is 0 Å². The number of aliphatic imine (C=N–C) groups is 2. The van der Waals surface area contributed by atoms with Gasteiger partial charge in [-0.25, -0.2) is 4.99 Å². The highest BCUT2D eigenvalue weighted by Gasteiger charge is 2.29. The summed E-state index contributed by atoms with van der Waals surface area (Å²) in [6, 6.07) is 0.296. The van der Waals surface area contributed by atoms with Crippen molar-refractivity contribution >= 4 is 11.8 Å². The molecule has 0 saturated carbocycles. The van der Waals surface area contributed by atoms with Crippen LogP contribution in [0.25, 0.3) is 0 Å². The second-order valence-electron chi connectivity index (χ2n) is 4.38. The average Bonchev–Trinajstić information content (AvgIpc) is 2.88. The van der Waals surface area contributed by atoms with Gasteiger partial charge in [0.15, 0.2) is 11.8 Å². The summed E-state index contributed by atoms with van der Waals surface area (Å²) in [5, 5.41) is 0. The van der Waals surface area contributed by atoms with Gasteiger partial charge in [-0.2, -0.15) is 0 Å². The van der Waals surface area contributed by atoms with E-state index in [1.54, 1.807) is 0 Å². The molecule has 0 radical (unpaired) electrons.